The van der Waals surface area contributed by atoms with Gasteiger partial charge in [-0.3, -0.25) is 4.79 Å². The summed E-state index contributed by atoms with van der Waals surface area (Å²) in [6.07, 6.45) is 0. The fraction of sp³-hybridized carbons (Fsp3) is 0.154. The number of amides is 1. The molecule has 0 atom stereocenters. The fourth-order valence-electron chi connectivity index (χ4n) is 1.75. The third-order valence-electron chi connectivity index (χ3n) is 2.83. The quantitative estimate of drug-likeness (QED) is 0.896. The first-order chi connectivity index (χ1) is 9.82. The first-order valence-corrected chi connectivity index (χ1v) is 7.32. The Morgan fingerprint density at radius 1 is 1.43 bits per heavy atom. The van der Waals surface area contributed by atoms with Crippen LogP contribution in [0.1, 0.15) is 26.4 Å². The SMILES string of the molecule is Cc1nsc(N(C)C(=O)c2ccc(Br)c(F)c2)c1C(=O)O. The Labute approximate surface area is 132 Å². The predicted molar refractivity (Wildman–Crippen MR) is 80.6 cm³/mol. The Bertz CT molecular complexity index is 732. The van der Waals surface area contributed by atoms with Crippen LogP contribution in [0.4, 0.5) is 9.39 Å². The molecule has 0 saturated heterocycles. The molecule has 5 nitrogen and oxygen atoms in total. The van der Waals surface area contributed by atoms with Crippen molar-refractivity contribution in [1.82, 2.24) is 4.37 Å². The molecule has 0 saturated carbocycles. The molecule has 2 rings (SSSR count). The summed E-state index contributed by atoms with van der Waals surface area (Å²) in [4.78, 5) is 24.7. The van der Waals surface area contributed by atoms with Crippen LogP contribution < -0.4 is 4.90 Å². The fourth-order valence-corrected chi connectivity index (χ4v) is 2.84. The summed E-state index contributed by atoms with van der Waals surface area (Å²) in [5.41, 5.74) is 0.443. The number of hydrogen-bond acceptors (Lipinski definition) is 4. The van der Waals surface area contributed by atoms with Gasteiger partial charge in [-0.05, 0) is 52.6 Å². The summed E-state index contributed by atoms with van der Waals surface area (Å²) in [7, 11) is 1.43. The molecular formula is C13H10BrFN2O3S. The van der Waals surface area contributed by atoms with Crippen molar-refractivity contribution in [3.8, 4) is 0 Å². The molecule has 8 heteroatoms. The molecule has 1 N–H and O–H groups in total. The van der Waals surface area contributed by atoms with Crippen LogP contribution in [0.15, 0.2) is 22.7 Å². The number of carboxylic acid groups (broad SMARTS) is 1. The number of hydrogen-bond donors (Lipinski definition) is 1. The van der Waals surface area contributed by atoms with Crippen LogP contribution in [-0.4, -0.2) is 28.4 Å². The lowest BCUT2D eigenvalue weighted by Gasteiger charge is -2.16. The van der Waals surface area contributed by atoms with Crippen LogP contribution in [0.5, 0.6) is 0 Å². The summed E-state index contributed by atoms with van der Waals surface area (Å²) in [6, 6.07) is 3.98. The second kappa shape index (κ2) is 5.90. The summed E-state index contributed by atoms with van der Waals surface area (Å²) in [5, 5.41) is 9.40. The van der Waals surface area contributed by atoms with Crippen molar-refractivity contribution >= 4 is 44.3 Å². The number of anilines is 1. The molecule has 0 bridgehead atoms. The maximum atomic E-state index is 13.5. The number of benzene rings is 1. The van der Waals surface area contributed by atoms with Crippen molar-refractivity contribution in [3.63, 3.8) is 0 Å². The zero-order chi connectivity index (χ0) is 15.7. The lowest BCUT2D eigenvalue weighted by atomic mass is 10.2. The minimum absolute atomic E-state index is 0.0200. The number of carbonyl (C=O) groups excluding carboxylic acids is 1. The van der Waals surface area contributed by atoms with E-state index in [4.69, 9.17) is 0 Å². The maximum absolute atomic E-state index is 13.5. The molecule has 2 aromatic rings. The van der Waals surface area contributed by atoms with Crippen molar-refractivity contribution in [2.45, 2.75) is 6.92 Å². The first-order valence-electron chi connectivity index (χ1n) is 5.75. The average Bonchev–Trinajstić information content (AvgIpc) is 2.82. The molecule has 21 heavy (non-hydrogen) atoms. The van der Waals surface area contributed by atoms with Crippen molar-refractivity contribution in [1.29, 1.82) is 0 Å². The van der Waals surface area contributed by atoms with E-state index in [0.717, 1.165) is 22.5 Å². The standard InChI is InChI=1S/C13H10BrFN2O3S/c1-6-10(13(19)20)12(21-16-6)17(2)11(18)7-3-4-8(14)9(15)5-7/h3-5H,1-2H3,(H,19,20). The van der Waals surface area contributed by atoms with E-state index in [1.165, 1.54) is 19.2 Å². The molecule has 1 heterocycles. The van der Waals surface area contributed by atoms with Gasteiger partial charge in [-0.2, -0.15) is 4.37 Å². The van der Waals surface area contributed by atoms with Gasteiger partial charge in [0.15, 0.2) is 0 Å². The van der Waals surface area contributed by atoms with Gasteiger partial charge in [0.25, 0.3) is 5.91 Å². The number of halogens is 2. The zero-order valence-electron chi connectivity index (χ0n) is 11.1. The highest BCUT2D eigenvalue weighted by atomic mass is 79.9. The molecular weight excluding hydrogens is 363 g/mol. The molecule has 1 aromatic carbocycles. The Morgan fingerprint density at radius 2 is 2.10 bits per heavy atom. The maximum Gasteiger partial charge on any atom is 0.340 e. The van der Waals surface area contributed by atoms with E-state index in [2.05, 4.69) is 20.3 Å². The van der Waals surface area contributed by atoms with Gasteiger partial charge in [0.1, 0.15) is 16.4 Å². The molecule has 0 aliphatic carbocycles. The number of nitrogens with zero attached hydrogens (tertiary/aromatic N) is 2. The van der Waals surface area contributed by atoms with Gasteiger partial charge < -0.3 is 10.0 Å². The van der Waals surface area contributed by atoms with Crippen LogP contribution in [0, 0.1) is 12.7 Å². The number of aryl methyl sites for hydroxylation is 1. The lowest BCUT2D eigenvalue weighted by Crippen LogP contribution is -2.27. The largest absolute Gasteiger partial charge is 0.478 e. The highest BCUT2D eigenvalue weighted by Crippen LogP contribution is 2.29. The lowest BCUT2D eigenvalue weighted by molar-refractivity contribution is 0.0697. The summed E-state index contributed by atoms with van der Waals surface area (Å²) >= 11 is 3.92. The van der Waals surface area contributed by atoms with Gasteiger partial charge >= 0.3 is 5.97 Å². The van der Waals surface area contributed by atoms with Gasteiger partial charge in [0, 0.05) is 12.6 Å². The van der Waals surface area contributed by atoms with Crippen LogP contribution in [0.2, 0.25) is 0 Å². The number of aromatic carboxylic acids is 1. The molecule has 0 spiro atoms. The summed E-state index contributed by atoms with van der Waals surface area (Å²) in [5.74, 6) is -2.22. The molecule has 0 aliphatic heterocycles. The molecule has 1 aromatic heterocycles. The molecule has 0 aliphatic rings. The Hall–Kier alpha value is -1.80. The van der Waals surface area contributed by atoms with E-state index >= 15 is 0 Å². The van der Waals surface area contributed by atoms with Gasteiger partial charge in [0.05, 0.1) is 10.2 Å². The smallest absolute Gasteiger partial charge is 0.340 e. The highest BCUT2D eigenvalue weighted by molar-refractivity contribution is 9.10. The molecule has 1 amide bonds. The van der Waals surface area contributed by atoms with Crippen molar-refractivity contribution in [2.75, 3.05) is 11.9 Å². The molecule has 0 unspecified atom stereocenters. The topological polar surface area (TPSA) is 70.5 Å². The zero-order valence-corrected chi connectivity index (χ0v) is 13.5. The van der Waals surface area contributed by atoms with E-state index in [-0.39, 0.29) is 20.6 Å². The molecule has 0 radical (unpaired) electrons. The highest BCUT2D eigenvalue weighted by Gasteiger charge is 2.24. The minimum atomic E-state index is -1.15. The van der Waals surface area contributed by atoms with Gasteiger partial charge in [0.2, 0.25) is 0 Å². The Morgan fingerprint density at radius 3 is 2.67 bits per heavy atom. The minimum Gasteiger partial charge on any atom is -0.478 e. The van der Waals surface area contributed by atoms with Crippen LogP contribution in [-0.2, 0) is 0 Å². The summed E-state index contributed by atoms with van der Waals surface area (Å²) < 4.78 is 17.7. The van der Waals surface area contributed by atoms with Gasteiger partial charge in [-0.15, -0.1) is 0 Å². The number of carboxylic acids is 1. The van der Waals surface area contributed by atoms with Gasteiger partial charge in [-0.1, -0.05) is 0 Å². The van der Waals surface area contributed by atoms with Crippen molar-refractivity contribution in [2.24, 2.45) is 0 Å². The predicted octanol–water partition coefficient (Wildman–Crippen LogP) is 3.33. The van der Waals surface area contributed by atoms with E-state index in [1.807, 2.05) is 0 Å². The summed E-state index contributed by atoms with van der Waals surface area (Å²) in [6.45, 7) is 1.56. The van der Waals surface area contributed by atoms with E-state index in [1.54, 1.807) is 6.92 Å². The average molecular weight is 373 g/mol. The van der Waals surface area contributed by atoms with E-state index < -0.39 is 17.7 Å². The third kappa shape index (κ3) is 2.96. The van der Waals surface area contributed by atoms with Crippen LogP contribution in [0.25, 0.3) is 0 Å². The van der Waals surface area contributed by atoms with Gasteiger partial charge in [-0.25, -0.2) is 9.18 Å². The second-order valence-corrected chi connectivity index (χ2v) is 5.85. The van der Waals surface area contributed by atoms with Crippen LogP contribution in [0.3, 0.4) is 0 Å². The molecule has 110 valence electrons. The van der Waals surface area contributed by atoms with Crippen molar-refractivity contribution in [3.05, 3.63) is 45.3 Å². The Balaban J connectivity index is 2.40. The van der Waals surface area contributed by atoms with Crippen molar-refractivity contribution < 1.29 is 19.1 Å². The normalized spacial score (nSPS) is 10.5. The first kappa shape index (κ1) is 15.6. The third-order valence-corrected chi connectivity index (χ3v) is 4.49. The molecule has 0 fully saturated rings. The van der Waals surface area contributed by atoms with E-state index in [9.17, 15) is 19.1 Å². The monoisotopic (exact) mass is 372 g/mol. The number of carbonyl (C=O) groups is 2. The number of rotatable bonds is 3. The van der Waals surface area contributed by atoms with Crippen LogP contribution >= 0.6 is 27.5 Å². The van der Waals surface area contributed by atoms with E-state index in [0.29, 0.717) is 5.69 Å². The second-order valence-electron chi connectivity index (χ2n) is 4.25. The Kier molecular flexibility index (Phi) is 4.38. The number of aromatic nitrogens is 1.